The Hall–Kier alpha value is -4.19. The van der Waals surface area contributed by atoms with E-state index in [1.165, 1.54) is 0 Å². The third kappa shape index (κ3) is 8.75. The summed E-state index contributed by atoms with van der Waals surface area (Å²) >= 11 is 0. The molecule has 0 saturated carbocycles. The molecule has 1 aliphatic heterocycles. The van der Waals surface area contributed by atoms with E-state index in [1.54, 1.807) is 30.3 Å². The molecule has 1 saturated heterocycles. The molecule has 5 aromatic carbocycles. The van der Waals surface area contributed by atoms with Crippen molar-refractivity contribution in [3.8, 4) is 11.1 Å². The second-order valence-electron chi connectivity index (χ2n) is 12.8. The van der Waals surface area contributed by atoms with Crippen LogP contribution in [0.15, 0.2) is 138 Å². The zero-order chi connectivity index (χ0) is 35.1. The molecule has 0 amide bonds. The SMILES string of the molecule is C[C@H]([C@@H](O)c1ccccc1)N(C)C[C@H]1C[C@@H](c2ccc(CO)cc2)O[C@@H](c2ccc(-c3cccc(CNS(=O)(=O)c4ccccc4)c3)cc2)O1. The van der Waals surface area contributed by atoms with Crippen LogP contribution in [0.2, 0.25) is 0 Å². The second-order valence-corrected chi connectivity index (χ2v) is 14.6. The second kappa shape index (κ2) is 16.2. The molecule has 1 heterocycles. The Bertz CT molecular complexity index is 1920. The molecule has 1 aliphatic rings. The Morgan fingerprint density at radius 2 is 1.44 bits per heavy atom. The van der Waals surface area contributed by atoms with Crippen LogP contribution in [-0.2, 0) is 32.6 Å². The average Bonchev–Trinajstić information content (AvgIpc) is 3.17. The largest absolute Gasteiger partial charge is 0.392 e. The Labute approximate surface area is 295 Å². The molecule has 6 rings (SSSR count). The predicted octanol–water partition coefficient (Wildman–Crippen LogP) is 6.92. The highest BCUT2D eigenvalue weighted by Gasteiger charge is 2.34. The number of hydrogen-bond acceptors (Lipinski definition) is 7. The average molecular weight is 693 g/mol. The summed E-state index contributed by atoms with van der Waals surface area (Å²) in [5, 5.41) is 20.7. The van der Waals surface area contributed by atoms with Gasteiger partial charge in [-0.1, -0.05) is 115 Å². The summed E-state index contributed by atoms with van der Waals surface area (Å²) in [5.41, 5.74) is 6.39. The van der Waals surface area contributed by atoms with Crippen molar-refractivity contribution in [2.45, 2.75) is 62.0 Å². The maximum atomic E-state index is 12.7. The number of likely N-dealkylation sites (N-methyl/N-ethyl adjacent to an activating group) is 1. The molecule has 5 aromatic rings. The molecule has 0 aliphatic carbocycles. The molecule has 5 atom stereocenters. The number of rotatable bonds is 13. The van der Waals surface area contributed by atoms with Crippen molar-refractivity contribution in [2.24, 2.45) is 0 Å². The standard InChI is InChI=1S/C41H44N2O6S/c1-29(40(45)34-11-5-3-6-12-34)43(2)27-37-25-39(33-18-16-30(28-44)17-19-33)49-41(48-37)35-22-20-32(21-23-35)36-13-9-10-31(24-36)26-42-50(46,47)38-14-7-4-8-15-38/h3-24,29,37,39-42,44-45H,25-28H2,1-2H3/t29-,37-,39+,40-,41+/m1/s1. The van der Waals surface area contributed by atoms with E-state index in [9.17, 15) is 18.6 Å². The summed E-state index contributed by atoms with van der Waals surface area (Å²) in [7, 11) is -1.62. The summed E-state index contributed by atoms with van der Waals surface area (Å²) in [6, 6.07) is 41.6. The summed E-state index contributed by atoms with van der Waals surface area (Å²) in [4.78, 5) is 2.36. The van der Waals surface area contributed by atoms with Crippen LogP contribution in [0, 0.1) is 0 Å². The number of nitrogens with one attached hydrogen (secondary N) is 1. The van der Waals surface area contributed by atoms with Gasteiger partial charge in [-0.25, -0.2) is 13.1 Å². The molecule has 3 N–H and O–H groups in total. The van der Waals surface area contributed by atoms with Crippen molar-refractivity contribution >= 4 is 10.0 Å². The van der Waals surface area contributed by atoms with Crippen LogP contribution in [-0.4, -0.2) is 49.3 Å². The molecule has 0 spiro atoms. The number of ether oxygens (including phenoxy) is 2. The lowest BCUT2D eigenvalue weighted by Gasteiger charge is -2.39. The third-order valence-corrected chi connectivity index (χ3v) is 10.8. The Kier molecular flexibility index (Phi) is 11.6. The summed E-state index contributed by atoms with van der Waals surface area (Å²) in [6.07, 6.45) is -1.04. The van der Waals surface area contributed by atoms with E-state index in [-0.39, 0.29) is 36.3 Å². The lowest BCUT2D eigenvalue weighted by atomic mass is 9.98. The highest BCUT2D eigenvalue weighted by Crippen LogP contribution is 2.39. The molecule has 9 heteroatoms. The third-order valence-electron chi connectivity index (χ3n) is 9.36. The Morgan fingerprint density at radius 1 is 0.780 bits per heavy atom. The van der Waals surface area contributed by atoms with Crippen molar-refractivity contribution in [2.75, 3.05) is 13.6 Å². The van der Waals surface area contributed by atoms with Crippen LogP contribution >= 0.6 is 0 Å². The number of aliphatic hydroxyl groups excluding tert-OH is 2. The van der Waals surface area contributed by atoms with Crippen LogP contribution < -0.4 is 4.72 Å². The van der Waals surface area contributed by atoms with Crippen LogP contribution in [0.25, 0.3) is 11.1 Å². The van der Waals surface area contributed by atoms with Gasteiger partial charge in [-0.15, -0.1) is 0 Å². The van der Waals surface area contributed by atoms with Gasteiger partial charge in [-0.3, -0.25) is 4.90 Å². The van der Waals surface area contributed by atoms with Crippen molar-refractivity contribution in [1.82, 2.24) is 9.62 Å². The molecule has 0 radical (unpaired) electrons. The van der Waals surface area contributed by atoms with Gasteiger partial charge in [-0.2, -0.15) is 0 Å². The fraction of sp³-hybridized carbons (Fsp3) is 0.268. The van der Waals surface area contributed by atoms with E-state index in [1.807, 2.05) is 117 Å². The molecule has 0 aromatic heterocycles. The molecular formula is C41H44N2O6S. The minimum Gasteiger partial charge on any atom is -0.392 e. The summed E-state index contributed by atoms with van der Waals surface area (Å²) in [6.45, 7) is 2.76. The molecule has 50 heavy (non-hydrogen) atoms. The first-order valence-electron chi connectivity index (χ1n) is 16.9. The number of nitrogens with zero attached hydrogens (tertiary/aromatic N) is 1. The van der Waals surface area contributed by atoms with E-state index in [0.717, 1.165) is 38.9 Å². The van der Waals surface area contributed by atoms with E-state index in [0.29, 0.717) is 13.0 Å². The number of hydrogen-bond donors (Lipinski definition) is 3. The number of sulfonamides is 1. The van der Waals surface area contributed by atoms with E-state index < -0.39 is 22.4 Å². The number of aliphatic hydroxyl groups is 2. The van der Waals surface area contributed by atoms with Crippen LogP contribution in [0.1, 0.15) is 59.7 Å². The quantitative estimate of drug-likeness (QED) is 0.123. The van der Waals surface area contributed by atoms with Gasteiger partial charge in [0.05, 0.1) is 29.8 Å². The van der Waals surface area contributed by atoms with Crippen molar-refractivity contribution in [1.29, 1.82) is 0 Å². The molecule has 0 bridgehead atoms. The summed E-state index contributed by atoms with van der Waals surface area (Å²) < 4.78 is 41.3. The van der Waals surface area contributed by atoms with Crippen LogP contribution in [0.5, 0.6) is 0 Å². The van der Waals surface area contributed by atoms with Gasteiger partial charge in [-0.05, 0) is 65.6 Å². The zero-order valence-corrected chi connectivity index (χ0v) is 29.1. The van der Waals surface area contributed by atoms with Gasteiger partial charge < -0.3 is 19.7 Å². The van der Waals surface area contributed by atoms with E-state index >= 15 is 0 Å². The molecular weight excluding hydrogens is 649 g/mol. The van der Waals surface area contributed by atoms with Crippen molar-refractivity contribution in [3.63, 3.8) is 0 Å². The van der Waals surface area contributed by atoms with Crippen molar-refractivity contribution < 1.29 is 28.1 Å². The number of benzene rings is 5. The molecule has 260 valence electrons. The van der Waals surface area contributed by atoms with Crippen LogP contribution in [0.4, 0.5) is 0 Å². The van der Waals surface area contributed by atoms with E-state index in [4.69, 9.17) is 9.47 Å². The zero-order valence-electron chi connectivity index (χ0n) is 28.3. The lowest BCUT2D eigenvalue weighted by Crippen LogP contribution is -2.43. The van der Waals surface area contributed by atoms with Gasteiger partial charge in [0.15, 0.2) is 6.29 Å². The Morgan fingerprint density at radius 3 is 2.12 bits per heavy atom. The normalized spacial score (nSPS) is 19.3. The highest BCUT2D eigenvalue weighted by atomic mass is 32.2. The maximum absolute atomic E-state index is 12.7. The van der Waals surface area contributed by atoms with Gasteiger partial charge >= 0.3 is 0 Å². The molecule has 0 unspecified atom stereocenters. The van der Waals surface area contributed by atoms with Gasteiger partial charge in [0, 0.05) is 31.1 Å². The molecule has 8 nitrogen and oxygen atoms in total. The smallest absolute Gasteiger partial charge is 0.240 e. The van der Waals surface area contributed by atoms with Gasteiger partial charge in [0.1, 0.15) is 0 Å². The first-order chi connectivity index (χ1) is 24.2. The molecule has 1 fully saturated rings. The van der Waals surface area contributed by atoms with E-state index in [2.05, 4.69) is 9.62 Å². The topological polar surface area (TPSA) is 108 Å². The fourth-order valence-corrected chi connectivity index (χ4v) is 7.28. The minimum absolute atomic E-state index is 0.0227. The minimum atomic E-state index is -3.62. The Balaban J connectivity index is 1.17. The van der Waals surface area contributed by atoms with Gasteiger partial charge in [0.25, 0.3) is 0 Å². The van der Waals surface area contributed by atoms with Crippen molar-refractivity contribution in [3.05, 3.63) is 161 Å². The predicted molar refractivity (Wildman–Crippen MR) is 194 cm³/mol. The first kappa shape index (κ1) is 35.6. The van der Waals surface area contributed by atoms with Crippen LogP contribution in [0.3, 0.4) is 0 Å². The highest BCUT2D eigenvalue weighted by molar-refractivity contribution is 7.89. The summed E-state index contributed by atoms with van der Waals surface area (Å²) in [5.74, 6) is 0. The fourth-order valence-electron chi connectivity index (χ4n) is 6.25. The lowest BCUT2D eigenvalue weighted by molar-refractivity contribution is -0.253. The first-order valence-corrected chi connectivity index (χ1v) is 18.4. The maximum Gasteiger partial charge on any atom is 0.240 e. The van der Waals surface area contributed by atoms with Gasteiger partial charge in [0.2, 0.25) is 10.0 Å². The monoisotopic (exact) mass is 692 g/mol.